The van der Waals surface area contributed by atoms with E-state index in [9.17, 15) is 4.79 Å². The number of nitrogens with two attached hydrogens (primary N) is 1. The third-order valence-electron chi connectivity index (χ3n) is 2.36. The Morgan fingerprint density at radius 1 is 1.80 bits per heavy atom. The van der Waals surface area contributed by atoms with E-state index in [0.29, 0.717) is 18.1 Å². The quantitative estimate of drug-likeness (QED) is 0.649. The zero-order valence-corrected chi connectivity index (χ0v) is 8.32. The third-order valence-corrected chi connectivity index (χ3v) is 2.36. The molecule has 1 fully saturated rings. The van der Waals surface area contributed by atoms with E-state index in [2.05, 4.69) is 15.5 Å². The van der Waals surface area contributed by atoms with Crippen LogP contribution in [0.25, 0.3) is 0 Å². The third kappa shape index (κ3) is 2.47. The zero-order chi connectivity index (χ0) is 10.7. The number of aromatic nitrogens is 2. The summed E-state index contributed by atoms with van der Waals surface area (Å²) in [6, 6.07) is 1.50. The molecule has 1 saturated heterocycles. The predicted molar refractivity (Wildman–Crippen MR) is 54.3 cm³/mol. The lowest BCUT2D eigenvalue weighted by Crippen LogP contribution is -2.31. The van der Waals surface area contributed by atoms with Gasteiger partial charge < -0.3 is 15.8 Å². The number of anilines is 1. The molecule has 1 aliphatic heterocycles. The molecular formula is C9H14N4O2. The zero-order valence-electron chi connectivity index (χ0n) is 8.32. The second-order valence-electron chi connectivity index (χ2n) is 3.55. The lowest BCUT2D eigenvalue weighted by atomic mass is 10.2. The van der Waals surface area contributed by atoms with Crippen molar-refractivity contribution in [2.24, 2.45) is 0 Å². The highest BCUT2D eigenvalue weighted by molar-refractivity contribution is 5.92. The van der Waals surface area contributed by atoms with Gasteiger partial charge in [0.25, 0.3) is 5.91 Å². The molecule has 0 aromatic carbocycles. The molecule has 82 valence electrons. The van der Waals surface area contributed by atoms with Crippen molar-refractivity contribution in [3.05, 3.63) is 11.8 Å². The number of hydrogen-bond acceptors (Lipinski definition) is 4. The molecule has 0 spiro atoms. The minimum atomic E-state index is -0.199. The van der Waals surface area contributed by atoms with Crippen LogP contribution in [0.3, 0.4) is 0 Å². The van der Waals surface area contributed by atoms with Gasteiger partial charge in [-0.05, 0) is 12.8 Å². The van der Waals surface area contributed by atoms with Gasteiger partial charge >= 0.3 is 0 Å². The summed E-state index contributed by atoms with van der Waals surface area (Å²) in [6.07, 6.45) is 2.22. The average molecular weight is 210 g/mol. The lowest BCUT2D eigenvalue weighted by Gasteiger charge is -2.09. The van der Waals surface area contributed by atoms with Gasteiger partial charge in [0.1, 0.15) is 11.5 Å². The highest BCUT2D eigenvalue weighted by Gasteiger charge is 2.17. The fourth-order valence-corrected chi connectivity index (χ4v) is 1.56. The van der Waals surface area contributed by atoms with Crippen molar-refractivity contribution in [3.63, 3.8) is 0 Å². The van der Waals surface area contributed by atoms with Gasteiger partial charge in [-0.1, -0.05) is 0 Å². The van der Waals surface area contributed by atoms with Crippen molar-refractivity contribution < 1.29 is 9.53 Å². The SMILES string of the molecule is Nc1cc(C(=O)NCC2CCCO2)[nH]n1. The molecule has 15 heavy (non-hydrogen) atoms. The molecule has 6 nitrogen and oxygen atoms in total. The van der Waals surface area contributed by atoms with E-state index >= 15 is 0 Å². The second-order valence-corrected chi connectivity index (χ2v) is 3.55. The van der Waals surface area contributed by atoms with E-state index in [0.717, 1.165) is 19.4 Å². The van der Waals surface area contributed by atoms with E-state index in [1.807, 2.05) is 0 Å². The van der Waals surface area contributed by atoms with Crippen LogP contribution < -0.4 is 11.1 Å². The monoisotopic (exact) mass is 210 g/mol. The first-order chi connectivity index (χ1) is 7.25. The molecule has 1 aromatic heterocycles. The number of carbonyl (C=O) groups excluding carboxylic acids is 1. The normalized spacial score (nSPS) is 20.4. The molecule has 4 N–H and O–H groups in total. The number of nitrogens with zero attached hydrogens (tertiary/aromatic N) is 1. The van der Waals surface area contributed by atoms with Gasteiger partial charge in [0, 0.05) is 19.2 Å². The van der Waals surface area contributed by atoms with Gasteiger partial charge in [-0.15, -0.1) is 0 Å². The topological polar surface area (TPSA) is 93.0 Å². The summed E-state index contributed by atoms with van der Waals surface area (Å²) in [7, 11) is 0. The first kappa shape index (κ1) is 9.97. The largest absolute Gasteiger partial charge is 0.382 e. The van der Waals surface area contributed by atoms with Crippen molar-refractivity contribution in [3.8, 4) is 0 Å². The van der Waals surface area contributed by atoms with Crippen LogP contribution in [0.1, 0.15) is 23.3 Å². The molecule has 1 atom stereocenters. The summed E-state index contributed by atoms with van der Waals surface area (Å²) in [5.74, 6) is 0.118. The number of aromatic amines is 1. The number of H-pyrrole nitrogens is 1. The average Bonchev–Trinajstić information content (AvgIpc) is 2.84. The van der Waals surface area contributed by atoms with Gasteiger partial charge in [0.15, 0.2) is 0 Å². The summed E-state index contributed by atoms with van der Waals surface area (Å²) >= 11 is 0. The maximum Gasteiger partial charge on any atom is 0.269 e. The summed E-state index contributed by atoms with van der Waals surface area (Å²) in [5.41, 5.74) is 5.77. The van der Waals surface area contributed by atoms with Crippen LogP contribution in [0.5, 0.6) is 0 Å². The van der Waals surface area contributed by atoms with Crippen LogP contribution in [-0.2, 0) is 4.74 Å². The predicted octanol–water partition coefficient (Wildman–Crippen LogP) is -0.0993. The van der Waals surface area contributed by atoms with Crippen LogP contribution in [-0.4, -0.2) is 35.4 Å². The van der Waals surface area contributed by atoms with Gasteiger partial charge in [-0.2, -0.15) is 5.10 Å². The van der Waals surface area contributed by atoms with Crippen molar-refractivity contribution in [1.82, 2.24) is 15.5 Å². The van der Waals surface area contributed by atoms with Crippen LogP contribution in [0, 0.1) is 0 Å². The summed E-state index contributed by atoms with van der Waals surface area (Å²) in [6.45, 7) is 1.33. The molecule has 1 aromatic rings. The molecule has 0 radical (unpaired) electrons. The summed E-state index contributed by atoms with van der Waals surface area (Å²) in [4.78, 5) is 11.5. The molecule has 0 aliphatic carbocycles. The Morgan fingerprint density at radius 3 is 3.27 bits per heavy atom. The maximum atomic E-state index is 11.5. The van der Waals surface area contributed by atoms with E-state index in [1.54, 1.807) is 0 Å². The fraction of sp³-hybridized carbons (Fsp3) is 0.556. The van der Waals surface area contributed by atoms with Crippen molar-refractivity contribution in [2.75, 3.05) is 18.9 Å². The van der Waals surface area contributed by atoms with Crippen LogP contribution in [0.15, 0.2) is 6.07 Å². The Hall–Kier alpha value is -1.56. The van der Waals surface area contributed by atoms with E-state index in [-0.39, 0.29) is 12.0 Å². The molecule has 6 heteroatoms. The van der Waals surface area contributed by atoms with E-state index in [1.165, 1.54) is 6.07 Å². The molecule has 1 aliphatic rings. The number of nitrogens with one attached hydrogen (secondary N) is 2. The fourth-order valence-electron chi connectivity index (χ4n) is 1.56. The van der Waals surface area contributed by atoms with Crippen LogP contribution in [0.2, 0.25) is 0 Å². The van der Waals surface area contributed by atoms with Gasteiger partial charge in [0.2, 0.25) is 0 Å². The van der Waals surface area contributed by atoms with E-state index in [4.69, 9.17) is 10.5 Å². The molecule has 0 bridgehead atoms. The standard InChI is InChI=1S/C9H14N4O2/c10-8-4-7(12-13-8)9(14)11-5-6-2-1-3-15-6/h4,6H,1-3,5H2,(H,11,14)(H3,10,12,13). The molecule has 1 amide bonds. The Balaban J connectivity index is 1.81. The first-order valence-corrected chi connectivity index (χ1v) is 4.96. The lowest BCUT2D eigenvalue weighted by molar-refractivity contribution is 0.0853. The molecule has 0 saturated carbocycles. The number of amides is 1. The number of hydrogen-bond donors (Lipinski definition) is 3. The minimum Gasteiger partial charge on any atom is -0.382 e. The Kier molecular flexibility index (Phi) is 2.86. The van der Waals surface area contributed by atoms with Crippen molar-refractivity contribution >= 4 is 11.7 Å². The Bertz CT molecular complexity index is 344. The highest BCUT2D eigenvalue weighted by Crippen LogP contribution is 2.10. The number of carbonyl (C=O) groups is 1. The number of nitrogen functional groups attached to an aromatic ring is 1. The van der Waals surface area contributed by atoms with Crippen LogP contribution >= 0.6 is 0 Å². The molecule has 1 unspecified atom stereocenters. The Labute approximate surface area is 87.2 Å². The second kappa shape index (κ2) is 4.31. The van der Waals surface area contributed by atoms with Gasteiger partial charge in [0.05, 0.1) is 6.10 Å². The van der Waals surface area contributed by atoms with Gasteiger partial charge in [-0.25, -0.2) is 0 Å². The first-order valence-electron chi connectivity index (χ1n) is 4.96. The van der Waals surface area contributed by atoms with E-state index < -0.39 is 0 Å². The Morgan fingerprint density at radius 2 is 2.67 bits per heavy atom. The smallest absolute Gasteiger partial charge is 0.269 e. The molecule has 2 rings (SSSR count). The molecule has 2 heterocycles. The van der Waals surface area contributed by atoms with Crippen molar-refractivity contribution in [1.29, 1.82) is 0 Å². The van der Waals surface area contributed by atoms with Crippen molar-refractivity contribution in [2.45, 2.75) is 18.9 Å². The van der Waals surface area contributed by atoms with Crippen LogP contribution in [0.4, 0.5) is 5.82 Å². The van der Waals surface area contributed by atoms with Gasteiger partial charge in [-0.3, -0.25) is 9.89 Å². The maximum absolute atomic E-state index is 11.5. The number of ether oxygens (including phenoxy) is 1. The highest BCUT2D eigenvalue weighted by atomic mass is 16.5. The number of rotatable bonds is 3. The molecular weight excluding hydrogens is 196 g/mol. The summed E-state index contributed by atoms with van der Waals surface area (Å²) in [5, 5.41) is 8.99. The minimum absolute atomic E-state index is 0.147. The summed E-state index contributed by atoms with van der Waals surface area (Å²) < 4.78 is 5.38.